The Morgan fingerprint density at radius 3 is 3.05 bits per heavy atom. The molecule has 1 aliphatic heterocycles. The van der Waals surface area contributed by atoms with E-state index in [1.54, 1.807) is 6.26 Å². The van der Waals surface area contributed by atoms with Gasteiger partial charge < -0.3 is 19.4 Å². The number of fused-ring (bicyclic) bond motifs is 1. The highest BCUT2D eigenvalue weighted by Gasteiger charge is 2.19. The predicted octanol–water partition coefficient (Wildman–Crippen LogP) is 2.57. The molecule has 0 radical (unpaired) electrons. The number of oxazole rings is 1. The summed E-state index contributed by atoms with van der Waals surface area (Å²) in [6.45, 7) is 7.12. The number of anilines is 1. The molecule has 2 aromatic rings. The van der Waals surface area contributed by atoms with Gasteiger partial charge in [0.25, 0.3) is 6.01 Å². The first-order valence-corrected chi connectivity index (χ1v) is 7.36. The number of rotatable bonds is 4. The molecule has 1 aromatic carbocycles. The number of nitrogens with one attached hydrogen (secondary N) is 1. The molecule has 5 nitrogen and oxygen atoms in total. The Morgan fingerprint density at radius 2 is 2.19 bits per heavy atom. The van der Waals surface area contributed by atoms with Crippen LogP contribution in [0.15, 0.2) is 34.9 Å². The maximum atomic E-state index is 5.76. The van der Waals surface area contributed by atoms with Gasteiger partial charge in [-0.2, -0.15) is 4.98 Å². The van der Waals surface area contributed by atoms with Gasteiger partial charge in [-0.1, -0.05) is 32.0 Å². The summed E-state index contributed by atoms with van der Waals surface area (Å²) in [6.07, 6.45) is 1.72. The third kappa shape index (κ3) is 3.36. The molecule has 0 aliphatic carbocycles. The highest BCUT2D eigenvalue weighted by molar-refractivity contribution is 5.39. The summed E-state index contributed by atoms with van der Waals surface area (Å²) >= 11 is 0. The van der Waals surface area contributed by atoms with E-state index in [-0.39, 0.29) is 0 Å². The third-order valence-electron chi connectivity index (χ3n) is 3.45. The molecule has 2 heterocycles. The maximum absolute atomic E-state index is 5.76. The third-order valence-corrected chi connectivity index (χ3v) is 3.45. The van der Waals surface area contributed by atoms with Crippen molar-refractivity contribution in [2.24, 2.45) is 0 Å². The van der Waals surface area contributed by atoms with Gasteiger partial charge in [0.2, 0.25) is 0 Å². The first-order valence-electron chi connectivity index (χ1n) is 7.36. The summed E-state index contributed by atoms with van der Waals surface area (Å²) in [6, 6.07) is 9.21. The molecule has 0 amide bonds. The zero-order valence-corrected chi connectivity index (χ0v) is 12.5. The van der Waals surface area contributed by atoms with Crippen LogP contribution in [0.3, 0.4) is 0 Å². The fourth-order valence-electron chi connectivity index (χ4n) is 2.32. The topological polar surface area (TPSA) is 50.5 Å². The van der Waals surface area contributed by atoms with Crippen LogP contribution in [-0.4, -0.2) is 24.2 Å². The molecule has 21 heavy (non-hydrogen) atoms. The molecule has 1 N–H and O–H groups in total. The largest absolute Gasteiger partial charge is 0.491 e. The predicted molar refractivity (Wildman–Crippen MR) is 81.5 cm³/mol. The number of hydrogen-bond acceptors (Lipinski definition) is 5. The van der Waals surface area contributed by atoms with Gasteiger partial charge in [0.15, 0.2) is 0 Å². The van der Waals surface area contributed by atoms with E-state index in [1.807, 2.05) is 18.2 Å². The van der Waals surface area contributed by atoms with Gasteiger partial charge in [0, 0.05) is 18.2 Å². The van der Waals surface area contributed by atoms with Crippen molar-refractivity contribution in [3.63, 3.8) is 0 Å². The molecule has 0 saturated carbocycles. The zero-order valence-electron chi connectivity index (χ0n) is 12.5. The van der Waals surface area contributed by atoms with E-state index in [2.05, 4.69) is 35.1 Å². The van der Waals surface area contributed by atoms with Crippen molar-refractivity contribution in [2.45, 2.75) is 33.0 Å². The monoisotopic (exact) mass is 287 g/mol. The SMILES string of the molecule is CC(C)NCc1coc(N2CCOc3ccccc3C2)n1. The first kappa shape index (κ1) is 13.9. The van der Waals surface area contributed by atoms with Gasteiger partial charge in [0.1, 0.15) is 18.6 Å². The summed E-state index contributed by atoms with van der Waals surface area (Å²) in [5.41, 5.74) is 2.09. The lowest BCUT2D eigenvalue weighted by Gasteiger charge is -2.16. The quantitative estimate of drug-likeness (QED) is 0.936. The first-order chi connectivity index (χ1) is 10.2. The molecule has 0 atom stereocenters. The minimum atomic E-state index is 0.434. The molecule has 112 valence electrons. The van der Waals surface area contributed by atoms with Crippen LogP contribution < -0.4 is 15.0 Å². The Morgan fingerprint density at radius 1 is 1.33 bits per heavy atom. The molecule has 5 heteroatoms. The lowest BCUT2D eigenvalue weighted by atomic mass is 10.2. The molecule has 1 aromatic heterocycles. The number of aromatic nitrogens is 1. The number of hydrogen-bond donors (Lipinski definition) is 1. The van der Waals surface area contributed by atoms with Crippen LogP contribution in [0.4, 0.5) is 6.01 Å². The number of ether oxygens (including phenoxy) is 1. The standard InChI is InChI=1S/C16H21N3O2/c1-12(2)17-9-14-11-21-16(18-14)19-7-8-20-15-6-4-3-5-13(15)10-19/h3-6,11-12,17H,7-10H2,1-2H3. The molecule has 0 unspecified atom stereocenters. The molecular weight excluding hydrogens is 266 g/mol. The van der Waals surface area contributed by atoms with Gasteiger partial charge in [-0.25, -0.2) is 0 Å². The second-order valence-electron chi connectivity index (χ2n) is 5.53. The normalized spacial score (nSPS) is 14.7. The molecule has 3 rings (SSSR count). The maximum Gasteiger partial charge on any atom is 0.297 e. The zero-order chi connectivity index (χ0) is 14.7. The fraction of sp³-hybridized carbons (Fsp3) is 0.438. The molecule has 1 aliphatic rings. The van der Waals surface area contributed by atoms with Crippen molar-refractivity contribution in [1.82, 2.24) is 10.3 Å². The van der Waals surface area contributed by atoms with Crippen LogP contribution >= 0.6 is 0 Å². The summed E-state index contributed by atoms with van der Waals surface area (Å²) in [5.74, 6) is 0.952. The molecular formula is C16H21N3O2. The molecule has 0 fully saturated rings. The highest BCUT2D eigenvalue weighted by atomic mass is 16.5. The number of benzene rings is 1. The van der Waals surface area contributed by atoms with Crippen LogP contribution in [0.5, 0.6) is 5.75 Å². The van der Waals surface area contributed by atoms with E-state index >= 15 is 0 Å². The minimum absolute atomic E-state index is 0.434. The Labute approximate surface area is 124 Å². The smallest absolute Gasteiger partial charge is 0.297 e. The van der Waals surface area contributed by atoms with E-state index in [1.165, 1.54) is 0 Å². The summed E-state index contributed by atoms with van der Waals surface area (Å²) in [7, 11) is 0. The van der Waals surface area contributed by atoms with E-state index < -0.39 is 0 Å². The summed E-state index contributed by atoms with van der Waals surface area (Å²) in [5, 5.41) is 3.34. The second kappa shape index (κ2) is 6.18. The average molecular weight is 287 g/mol. The Kier molecular flexibility index (Phi) is 4.10. The van der Waals surface area contributed by atoms with Crippen LogP contribution in [0.2, 0.25) is 0 Å². The Bertz CT molecular complexity index is 595. The molecule has 0 saturated heterocycles. The molecule has 0 bridgehead atoms. The van der Waals surface area contributed by atoms with Crippen molar-refractivity contribution < 1.29 is 9.15 Å². The van der Waals surface area contributed by atoms with Crippen molar-refractivity contribution in [3.8, 4) is 5.75 Å². The van der Waals surface area contributed by atoms with Gasteiger partial charge in [-0.05, 0) is 6.07 Å². The van der Waals surface area contributed by atoms with Crippen LogP contribution in [0, 0.1) is 0 Å². The van der Waals surface area contributed by atoms with Crippen LogP contribution in [-0.2, 0) is 13.1 Å². The molecule has 0 spiro atoms. The van der Waals surface area contributed by atoms with Gasteiger partial charge in [0.05, 0.1) is 18.8 Å². The Hall–Kier alpha value is -2.01. The van der Waals surface area contributed by atoms with E-state index in [0.29, 0.717) is 18.7 Å². The highest BCUT2D eigenvalue weighted by Crippen LogP contribution is 2.25. The lowest BCUT2D eigenvalue weighted by molar-refractivity contribution is 0.329. The van der Waals surface area contributed by atoms with Gasteiger partial charge in [-0.3, -0.25) is 0 Å². The van der Waals surface area contributed by atoms with Crippen LogP contribution in [0.25, 0.3) is 0 Å². The number of para-hydroxylation sites is 1. The minimum Gasteiger partial charge on any atom is -0.491 e. The van der Waals surface area contributed by atoms with Crippen molar-refractivity contribution in [3.05, 3.63) is 41.8 Å². The average Bonchev–Trinajstić information content (AvgIpc) is 2.84. The fourth-order valence-corrected chi connectivity index (χ4v) is 2.32. The van der Waals surface area contributed by atoms with Gasteiger partial charge in [-0.15, -0.1) is 0 Å². The van der Waals surface area contributed by atoms with Crippen molar-refractivity contribution in [1.29, 1.82) is 0 Å². The van der Waals surface area contributed by atoms with E-state index in [9.17, 15) is 0 Å². The Balaban J connectivity index is 1.72. The van der Waals surface area contributed by atoms with Crippen molar-refractivity contribution in [2.75, 3.05) is 18.1 Å². The van der Waals surface area contributed by atoms with Gasteiger partial charge >= 0.3 is 0 Å². The number of nitrogens with zero attached hydrogens (tertiary/aromatic N) is 2. The van der Waals surface area contributed by atoms with E-state index in [4.69, 9.17) is 9.15 Å². The summed E-state index contributed by atoms with van der Waals surface area (Å²) < 4.78 is 11.4. The van der Waals surface area contributed by atoms with E-state index in [0.717, 1.165) is 36.6 Å². The summed E-state index contributed by atoms with van der Waals surface area (Å²) in [4.78, 5) is 6.68. The second-order valence-corrected chi connectivity index (χ2v) is 5.53. The van der Waals surface area contributed by atoms with Crippen molar-refractivity contribution >= 4 is 6.01 Å². The lowest BCUT2D eigenvalue weighted by Crippen LogP contribution is -2.26. The van der Waals surface area contributed by atoms with Crippen LogP contribution in [0.1, 0.15) is 25.1 Å².